The fraction of sp³-hybridized carbons (Fsp3) is 0.500. The highest BCUT2D eigenvalue weighted by Crippen LogP contribution is 2.31. The topological polar surface area (TPSA) is 32.3 Å². The zero-order valence-corrected chi connectivity index (χ0v) is 13.5. The van der Waals surface area contributed by atoms with Gasteiger partial charge in [0.2, 0.25) is 0 Å². The van der Waals surface area contributed by atoms with Crippen LogP contribution < -0.4 is 0 Å². The highest BCUT2D eigenvalue weighted by Gasteiger charge is 2.28. The Morgan fingerprint density at radius 3 is 3.05 bits per heavy atom. The van der Waals surface area contributed by atoms with Crippen LogP contribution in [0.3, 0.4) is 0 Å². The van der Waals surface area contributed by atoms with Crippen LogP contribution in [0.5, 0.6) is 0 Å². The summed E-state index contributed by atoms with van der Waals surface area (Å²) in [5.41, 5.74) is 1.10. The van der Waals surface area contributed by atoms with Crippen LogP contribution in [0.25, 0.3) is 0 Å². The Balaban J connectivity index is 1.75. The number of thiophene rings is 1. The first-order valence-corrected chi connectivity index (χ1v) is 8.33. The van der Waals surface area contributed by atoms with E-state index >= 15 is 0 Å². The molecule has 1 atom stereocenters. The molecule has 0 amide bonds. The van der Waals surface area contributed by atoms with Gasteiger partial charge in [-0.15, -0.1) is 11.3 Å². The molecular formula is C16H22N4S. The quantitative estimate of drug-likeness (QED) is 0.850. The van der Waals surface area contributed by atoms with Crippen molar-refractivity contribution in [2.45, 2.75) is 32.0 Å². The zero-order chi connectivity index (χ0) is 14.7. The average Bonchev–Trinajstić information content (AvgIpc) is 3.10. The van der Waals surface area contributed by atoms with E-state index in [0.717, 1.165) is 37.6 Å². The molecule has 0 bridgehead atoms. The van der Waals surface area contributed by atoms with E-state index < -0.39 is 0 Å². The third kappa shape index (κ3) is 3.67. The molecule has 2 aromatic rings. The van der Waals surface area contributed by atoms with Crippen molar-refractivity contribution in [2.75, 3.05) is 20.6 Å². The van der Waals surface area contributed by atoms with Crippen molar-refractivity contribution in [1.82, 2.24) is 19.8 Å². The maximum absolute atomic E-state index is 4.78. The third-order valence-electron chi connectivity index (χ3n) is 3.81. The number of likely N-dealkylation sites (tertiary alicyclic amines) is 1. The van der Waals surface area contributed by atoms with E-state index in [0.29, 0.717) is 6.04 Å². The van der Waals surface area contributed by atoms with E-state index in [1.807, 2.05) is 23.6 Å². The first-order valence-electron chi connectivity index (χ1n) is 7.45. The van der Waals surface area contributed by atoms with E-state index in [2.05, 4.69) is 46.4 Å². The van der Waals surface area contributed by atoms with Gasteiger partial charge in [-0.25, -0.2) is 9.97 Å². The van der Waals surface area contributed by atoms with Crippen molar-refractivity contribution in [3.63, 3.8) is 0 Å². The lowest BCUT2D eigenvalue weighted by molar-refractivity contribution is 0.241. The molecule has 0 spiro atoms. The fourth-order valence-electron chi connectivity index (χ4n) is 2.90. The minimum Gasteiger partial charge on any atom is -0.304 e. The van der Waals surface area contributed by atoms with Crippen LogP contribution in [0.4, 0.5) is 0 Å². The molecule has 5 heteroatoms. The van der Waals surface area contributed by atoms with Crippen LogP contribution in [0.15, 0.2) is 29.8 Å². The van der Waals surface area contributed by atoms with Crippen molar-refractivity contribution >= 4 is 11.3 Å². The average molecular weight is 302 g/mol. The molecule has 1 aliphatic heterocycles. The van der Waals surface area contributed by atoms with Crippen molar-refractivity contribution in [1.29, 1.82) is 0 Å². The molecule has 0 N–H and O–H groups in total. The normalized spacial score (nSPS) is 19.5. The lowest BCUT2D eigenvalue weighted by Crippen LogP contribution is -2.24. The Kier molecular flexibility index (Phi) is 4.63. The van der Waals surface area contributed by atoms with Gasteiger partial charge >= 0.3 is 0 Å². The van der Waals surface area contributed by atoms with Gasteiger partial charge < -0.3 is 4.90 Å². The lowest BCUT2D eigenvalue weighted by atomic mass is 10.2. The maximum atomic E-state index is 4.78. The molecule has 112 valence electrons. The number of hydrogen-bond donors (Lipinski definition) is 0. The van der Waals surface area contributed by atoms with Crippen LogP contribution in [0.2, 0.25) is 0 Å². The molecule has 4 nitrogen and oxygen atoms in total. The van der Waals surface area contributed by atoms with Gasteiger partial charge in [-0.2, -0.15) is 0 Å². The molecule has 3 rings (SSSR count). The molecule has 2 aromatic heterocycles. The molecule has 3 heterocycles. The number of hydrogen-bond acceptors (Lipinski definition) is 5. The summed E-state index contributed by atoms with van der Waals surface area (Å²) in [4.78, 5) is 15.4. The molecule has 0 aliphatic carbocycles. The maximum Gasteiger partial charge on any atom is 0.145 e. The summed E-state index contributed by atoms with van der Waals surface area (Å²) < 4.78 is 0. The van der Waals surface area contributed by atoms with Gasteiger partial charge in [-0.05, 0) is 51.0 Å². The summed E-state index contributed by atoms with van der Waals surface area (Å²) in [6.45, 7) is 3.03. The summed E-state index contributed by atoms with van der Waals surface area (Å²) in [6, 6.07) is 6.72. The Bertz CT molecular complexity index is 567. The highest BCUT2D eigenvalue weighted by molar-refractivity contribution is 7.09. The lowest BCUT2D eigenvalue weighted by Gasteiger charge is -2.23. The van der Waals surface area contributed by atoms with Crippen molar-refractivity contribution in [2.24, 2.45) is 0 Å². The van der Waals surface area contributed by atoms with E-state index in [4.69, 9.17) is 4.98 Å². The summed E-state index contributed by atoms with van der Waals surface area (Å²) in [6.07, 6.45) is 4.30. The minimum absolute atomic E-state index is 0.370. The predicted octanol–water partition coefficient (Wildman–Crippen LogP) is 2.94. The number of nitrogens with zero attached hydrogens (tertiary/aromatic N) is 4. The Hall–Kier alpha value is -1.30. The molecule has 1 saturated heterocycles. The second-order valence-corrected chi connectivity index (χ2v) is 6.88. The second-order valence-electron chi connectivity index (χ2n) is 5.85. The fourth-order valence-corrected chi connectivity index (χ4v) is 3.63. The van der Waals surface area contributed by atoms with Gasteiger partial charge in [0.25, 0.3) is 0 Å². The molecule has 0 radical (unpaired) electrons. The van der Waals surface area contributed by atoms with Crippen molar-refractivity contribution in [3.05, 3.63) is 46.2 Å². The van der Waals surface area contributed by atoms with Crippen LogP contribution in [0, 0.1) is 0 Å². The Morgan fingerprint density at radius 2 is 2.29 bits per heavy atom. The highest BCUT2D eigenvalue weighted by atomic mass is 32.1. The Morgan fingerprint density at radius 1 is 1.38 bits per heavy atom. The van der Waals surface area contributed by atoms with Gasteiger partial charge in [0.15, 0.2) is 0 Å². The van der Waals surface area contributed by atoms with Gasteiger partial charge in [0, 0.05) is 24.2 Å². The SMILES string of the molecule is CN(C)Cc1ccnc([C@@H]2CCCN2Cc2cccs2)n1. The smallest absolute Gasteiger partial charge is 0.145 e. The first kappa shape index (κ1) is 14.6. The summed E-state index contributed by atoms with van der Waals surface area (Å²) in [5, 5.41) is 2.15. The van der Waals surface area contributed by atoms with Crippen LogP contribution >= 0.6 is 11.3 Å². The minimum atomic E-state index is 0.370. The van der Waals surface area contributed by atoms with E-state index in [1.54, 1.807) is 0 Å². The summed E-state index contributed by atoms with van der Waals surface area (Å²) in [7, 11) is 4.14. The van der Waals surface area contributed by atoms with E-state index in [1.165, 1.54) is 11.3 Å². The zero-order valence-electron chi connectivity index (χ0n) is 12.7. The molecule has 0 unspecified atom stereocenters. The van der Waals surface area contributed by atoms with Gasteiger partial charge in [0.05, 0.1) is 11.7 Å². The van der Waals surface area contributed by atoms with Crippen LogP contribution in [-0.4, -0.2) is 40.4 Å². The van der Waals surface area contributed by atoms with Gasteiger partial charge in [-0.1, -0.05) is 6.07 Å². The van der Waals surface area contributed by atoms with Crippen molar-refractivity contribution < 1.29 is 0 Å². The summed E-state index contributed by atoms with van der Waals surface area (Å²) in [5.74, 6) is 0.989. The van der Waals surface area contributed by atoms with Gasteiger partial charge in [0.1, 0.15) is 5.82 Å². The van der Waals surface area contributed by atoms with E-state index in [-0.39, 0.29) is 0 Å². The predicted molar refractivity (Wildman–Crippen MR) is 86.1 cm³/mol. The second kappa shape index (κ2) is 6.64. The first-order chi connectivity index (χ1) is 10.2. The molecular weight excluding hydrogens is 280 g/mol. The van der Waals surface area contributed by atoms with Crippen LogP contribution in [0.1, 0.15) is 35.3 Å². The largest absolute Gasteiger partial charge is 0.304 e. The van der Waals surface area contributed by atoms with Crippen LogP contribution in [-0.2, 0) is 13.1 Å². The Labute approximate surface area is 130 Å². The molecule has 21 heavy (non-hydrogen) atoms. The monoisotopic (exact) mass is 302 g/mol. The standard InChI is InChI=1S/C16H22N4S/c1-19(2)11-13-7-8-17-16(18-13)15-6-3-9-20(15)12-14-5-4-10-21-14/h4-5,7-8,10,15H,3,6,9,11-12H2,1-2H3/t15-/m0/s1. The number of rotatable bonds is 5. The third-order valence-corrected chi connectivity index (χ3v) is 4.67. The molecule has 0 aromatic carbocycles. The van der Waals surface area contributed by atoms with E-state index in [9.17, 15) is 0 Å². The van der Waals surface area contributed by atoms with Gasteiger partial charge in [-0.3, -0.25) is 4.90 Å². The molecule has 1 aliphatic rings. The van der Waals surface area contributed by atoms with Crippen molar-refractivity contribution in [3.8, 4) is 0 Å². The number of aromatic nitrogens is 2. The summed E-state index contributed by atoms with van der Waals surface area (Å²) >= 11 is 1.83. The molecule has 0 saturated carbocycles. The molecule has 1 fully saturated rings.